The maximum absolute atomic E-state index is 12.0. The molecule has 0 spiro atoms. The molecular formula is C17H18Cl2N2O2. The van der Waals surface area contributed by atoms with Crippen molar-refractivity contribution < 1.29 is 9.53 Å². The molecule has 0 saturated heterocycles. The maximum Gasteiger partial charge on any atom is 0.226 e. The van der Waals surface area contributed by atoms with Crippen molar-refractivity contribution in [3.05, 3.63) is 52.5 Å². The summed E-state index contributed by atoms with van der Waals surface area (Å²) in [6, 6.07) is 12.5. The number of hydrogen-bond acceptors (Lipinski definition) is 3. The number of nitrogens with one attached hydrogen (secondary N) is 2. The summed E-state index contributed by atoms with van der Waals surface area (Å²) in [6.45, 7) is 2.91. The van der Waals surface area contributed by atoms with Crippen molar-refractivity contribution in [3.8, 4) is 5.75 Å². The van der Waals surface area contributed by atoms with E-state index in [1.807, 2.05) is 31.2 Å². The van der Waals surface area contributed by atoms with Crippen LogP contribution < -0.4 is 15.4 Å². The Kier molecular flexibility index (Phi) is 6.56. The van der Waals surface area contributed by atoms with Crippen LogP contribution in [0.3, 0.4) is 0 Å². The van der Waals surface area contributed by atoms with Crippen molar-refractivity contribution >= 4 is 40.5 Å². The quantitative estimate of drug-likeness (QED) is 0.749. The van der Waals surface area contributed by atoms with Crippen molar-refractivity contribution in [2.75, 3.05) is 23.8 Å². The SMILES string of the molecule is CCOc1ccccc1NC(=O)CCNc1ccc(Cl)cc1Cl. The van der Waals surface area contributed by atoms with Gasteiger partial charge in [-0.3, -0.25) is 4.79 Å². The Morgan fingerprint density at radius 2 is 1.91 bits per heavy atom. The molecule has 0 bridgehead atoms. The fourth-order valence-electron chi connectivity index (χ4n) is 2.01. The summed E-state index contributed by atoms with van der Waals surface area (Å²) in [5.74, 6) is 0.562. The second-order valence-electron chi connectivity index (χ2n) is 4.78. The third kappa shape index (κ3) is 5.34. The molecular weight excluding hydrogens is 335 g/mol. The summed E-state index contributed by atoms with van der Waals surface area (Å²) in [4.78, 5) is 12.0. The highest BCUT2D eigenvalue weighted by molar-refractivity contribution is 6.36. The van der Waals surface area contributed by atoms with Gasteiger partial charge in [0.05, 0.1) is 23.0 Å². The molecule has 2 aromatic carbocycles. The molecule has 0 aliphatic carbocycles. The molecule has 0 atom stereocenters. The lowest BCUT2D eigenvalue weighted by Crippen LogP contribution is -2.17. The van der Waals surface area contributed by atoms with Crippen molar-refractivity contribution in [2.45, 2.75) is 13.3 Å². The van der Waals surface area contributed by atoms with Gasteiger partial charge in [-0.15, -0.1) is 0 Å². The smallest absolute Gasteiger partial charge is 0.226 e. The number of amides is 1. The molecule has 0 aromatic heterocycles. The summed E-state index contributed by atoms with van der Waals surface area (Å²) >= 11 is 11.9. The minimum atomic E-state index is -0.102. The van der Waals surface area contributed by atoms with Gasteiger partial charge < -0.3 is 15.4 Å². The van der Waals surface area contributed by atoms with Gasteiger partial charge in [0.1, 0.15) is 5.75 Å². The first-order valence-corrected chi connectivity index (χ1v) is 8.06. The van der Waals surface area contributed by atoms with E-state index in [2.05, 4.69) is 10.6 Å². The van der Waals surface area contributed by atoms with Crippen LogP contribution in [0, 0.1) is 0 Å². The van der Waals surface area contributed by atoms with E-state index in [4.69, 9.17) is 27.9 Å². The van der Waals surface area contributed by atoms with E-state index in [-0.39, 0.29) is 5.91 Å². The van der Waals surface area contributed by atoms with Gasteiger partial charge >= 0.3 is 0 Å². The normalized spacial score (nSPS) is 10.2. The number of hydrogen-bond donors (Lipinski definition) is 2. The molecule has 2 aromatic rings. The van der Waals surface area contributed by atoms with E-state index < -0.39 is 0 Å². The fraction of sp³-hybridized carbons (Fsp3) is 0.235. The maximum atomic E-state index is 12.0. The lowest BCUT2D eigenvalue weighted by atomic mass is 10.2. The molecule has 0 saturated carbocycles. The lowest BCUT2D eigenvalue weighted by molar-refractivity contribution is -0.116. The predicted molar refractivity (Wildman–Crippen MR) is 95.8 cm³/mol. The summed E-state index contributed by atoms with van der Waals surface area (Å²) in [7, 11) is 0. The Hall–Kier alpha value is -1.91. The van der Waals surface area contributed by atoms with Crippen LogP contribution >= 0.6 is 23.2 Å². The Bertz CT molecular complexity index is 677. The largest absolute Gasteiger partial charge is 0.492 e. The molecule has 23 heavy (non-hydrogen) atoms. The van der Waals surface area contributed by atoms with Gasteiger partial charge in [-0.2, -0.15) is 0 Å². The predicted octanol–water partition coefficient (Wildman–Crippen LogP) is 4.83. The number of rotatable bonds is 7. The molecule has 6 heteroatoms. The van der Waals surface area contributed by atoms with E-state index in [1.54, 1.807) is 18.2 Å². The van der Waals surface area contributed by atoms with Crippen LogP contribution in [0.1, 0.15) is 13.3 Å². The molecule has 1 amide bonds. The van der Waals surface area contributed by atoms with Gasteiger partial charge in [-0.1, -0.05) is 35.3 Å². The number of anilines is 2. The average molecular weight is 353 g/mol. The number of carbonyl (C=O) groups is 1. The van der Waals surface area contributed by atoms with Gasteiger partial charge in [-0.05, 0) is 37.3 Å². The van der Waals surface area contributed by atoms with Gasteiger partial charge in [0, 0.05) is 18.0 Å². The molecule has 0 aliphatic rings. The van der Waals surface area contributed by atoms with Crippen LogP contribution in [-0.2, 0) is 4.79 Å². The molecule has 0 aliphatic heterocycles. The Labute approximate surface area is 145 Å². The number of carbonyl (C=O) groups excluding carboxylic acids is 1. The third-order valence-corrected chi connectivity index (χ3v) is 3.61. The van der Waals surface area contributed by atoms with Gasteiger partial charge in [-0.25, -0.2) is 0 Å². The molecule has 2 rings (SSSR count). The molecule has 4 nitrogen and oxygen atoms in total. The number of benzene rings is 2. The molecule has 122 valence electrons. The third-order valence-electron chi connectivity index (χ3n) is 3.06. The average Bonchev–Trinajstić information content (AvgIpc) is 2.52. The van der Waals surface area contributed by atoms with Gasteiger partial charge in [0.2, 0.25) is 5.91 Å². The Balaban J connectivity index is 1.86. The molecule has 2 N–H and O–H groups in total. The summed E-state index contributed by atoms with van der Waals surface area (Å²) < 4.78 is 5.48. The summed E-state index contributed by atoms with van der Waals surface area (Å²) in [5.41, 5.74) is 1.42. The zero-order valence-electron chi connectivity index (χ0n) is 12.7. The summed E-state index contributed by atoms with van der Waals surface area (Å²) in [5, 5.41) is 7.06. The summed E-state index contributed by atoms with van der Waals surface area (Å²) in [6.07, 6.45) is 0.305. The van der Waals surface area contributed by atoms with E-state index in [9.17, 15) is 4.79 Å². The highest BCUT2D eigenvalue weighted by atomic mass is 35.5. The highest BCUT2D eigenvalue weighted by Gasteiger charge is 2.07. The van der Waals surface area contributed by atoms with Crippen molar-refractivity contribution in [2.24, 2.45) is 0 Å². The van der Waals surface area contributed by atoms with E-state index in [0.29, 0.717) is 41.1 Å². The second-order valence-corrected chi connectivity index (χ2v) is 5.62. The Morgan fingerprint density at radius 3 is 2.65 bits per heavy atom. The first-order valence-electron chi connectivity index (χ1n) is 7.30. The Morgan fingerprint density at radius 1 is 1.13 bits per heavy atom. The zero-order chi connectivity index (χ0) is 16.7. The van der Waals surface area contributed by atoms with Crippen molar-refractivity contribution in [3.63, 3.8) is 0 Å². The first-order chi connectivity index (χ1) is 11.1. The zero-order valence-corrected chi connectivity index (χ0v) is 14.2. The fourth-order valence-corrected chi connectivity index (χ4v) is 2.48. The monoisotopic (exact) mass is 352 g/mol. The molecule has 0 heterocycles. The van der Waals surface area contributed by atoms with E-state index in [0.717, 1.165) is 5.69 Å². The van der Waals surface area contributed by atoms with Crippen LogP contribution in [0.2, 0.25) is 10.0 Å². The van der Waals surface area contributed by atoms with Crippen LogP contribution in [0.5, 0.6) is 5.75 Å². The number of ether oxygens (including phenoxy) is 1. The number of para-hydroxylation sites is 2. The second kappa shape index (κ2) is 8.65. The van der Waals surface area contributed by atoms with Crippen LogP contribution in [0.25, 0.3) is 0 Å². The van der Waals surface area contributed by atoms with E-state index >= 15 is 0 Å². The van der Waals surface area contributed by atoms with Gasteiger partial charge in [0.15, 0.2) is 0 Å². The van der Waals surface area contributed by atoms with Crippen LogP contribution in [0.4, 0.5) is 11.4 Å². The van der Waals surface area contributed by atoms with Crippen molar-refractivity contribution in [1.82, 2.24) is 0 Å². The minimum Gasteiger partial charge on any atom is -0.492 e. The molecule has 0 fully saturated rings. The number of halogens is 2. The molecule has 0 radical (unpaired) electrons. The van der Waals surface area contributed by atoms with Crippen LogP contribution in [-0.4, -0.2) is 19.1 Å². The van der Waals surface area contributed by atoms with Gasteiger partial charge in [0.25, 0.3) is 0 Å². The van der Waals surface area contributed by atoms with E-state index in [1.165, 1.54) is 0 Å². The van der Waals surface area contributed by atoms with Crippen LogP contribution in [0.15, 0.2) is 42.5 Å². The highest BCUT2D eigenvalue weighted by Crippen LogP contribution is 2.26. The molecule has 0 unspecified atom stereocenters. The first kappa shape index (κ1) is 17.4. The minimum absolute atomic E-state index is 0.102. The lowest BCUT2D eigenvalue weighted by Gasteiger charge is -2.12. The standard InChI is InChI=1S/C17H18Cl2N2O2/c1-2-23-16-6-4-3-5-15(16)21-17(22)9-10-20-14-8-7-12(18)11-13(14)19/h3-8,11,20H,2,9-10H2,1H3,(H,21,22). The van der Waals surface area contributed by atoms with Crippen molar-refractivity contribution in [1.29, 1.82) is 0 Å². The topological polar surface area (TPSA) is 50.4 Å².